The quantitative estimate of drug-likeness (QED) is 0.448. The molecule has 0 saturated heterocycles. The van der Waals surface area contributed by atoms with Crippen molar-refractivity contribution in [3.05, 3.63) is 70.6 Å². The van der Waals surface area contributed by atoms with Crippen LogP contribution in [0, 0.1) is 27.7 Å². The molecule has 0 N–H and O–H groups in total. The van der Waals surface area contributed by atoms with E-state index in [1.54, 1.807) is 33.2 Å². The first-order valence-corrected chi connectivity index (χ1v) is 15.9. The van der Waals surface area contributed by atoms with Crippen LogP contribution < -0.4 is 0 Å². The second-order valence-electron chi connectivity index (χ2n) is 8.21. The van der Waals surface area contributed by atoms with Gasteiger partial charge in [0.05, 0.1) is 18.8 Å². The highest BCUT2D eigenvalue weighted by Crippen LogP contribution is 2.10. The lowest BCUT2D eigenvalue weighted by Gasteiger charge is -2.00. The molecule has 3 aromatic rings. The van der Waals surface area contributed by atoms with Crippen LogP contribution in [0.3, 0.4) is 0 Å². The molecule has 0 spiro atoms. The number of rotatable bonds is 5. The number of carbonyl (C=O) groups is 1. The lowest BCUT2D eigenvalue weighted by atomic mass is 10.2. The van der Waals surface area contributed by atoms with Gasteiger partial charge in [0.2, 0.25) is 30.1 Å². The molecule has 35 heavy (non-hydrogen) atoms. The number of aldehydes is 1. The van der Waals surface area contributed by atoms with Crippen molar-refractivity contribution in [1.29, 1.82) is 0 Å². The van der Waals surface area contributed by atoms with Gasteiger partial charge in [0, 0.05) is 41.2 Å². The minimum atomic E-state index is -3.26. The van der Waals surface area contributed by atoms with Crippen molar-refractivity contribution in [1.82, 2.24) is 11.9 Å². The zero-order valence-corrected chi connectivity index (χ0v) is 23.6. The molecule has 196 valence electrons. The Morgan fingerprint density at radius 3 is 1.29 bits per heavy atom. The highest BCUT2D eigenvalue weighted by atomic mass is 32.2. The van der Waals surface area contributed by atoms with E-state index >= 15 is 0 Å². The van der Waals surface area contributed by atoms with Crippen molar-refractivity contribution in [2.24, 2.45) is 0 Å². The SMILES string of the molecule is CCc1cc(C)n(S(C)(=O)=O)c1.Cc1cc(C)n(S(C)(=O)=O)c1.Cc1cc(C=O)cn1S(C)(=O)=O. The third-order valence-corrected chi connectivity index (χ3v) is 8.06. The van der Waals surface area contributed by atoms with Crippen LogP contribution in [0.1, 0.15) is 45.5 Å². The third kappa shape index (κ3) is 8.82. The number of carbonyl (C=O) groups excluding carboxylic acids is 1. The van der Waals surface area contributed by atoms with Crippen molar-refractivity contribution in [2.75, 3.05) is 18.8 Å². The molecule has 3 heterocycles. The van der Waals surface area contributed by atoms with Crippen molar-refractivity contribution in [2.45, 2.75) is 41.0 Å². The Morgan fingerprint density at radius 2 is 1.06 bits per heavy atom. The predicted octanol–water partition coefficient (Wildman–Crippen LogP) is 2.50. The van der Waals surface area contributed by atoms with Crippen molar-refractivity contribution in [3.8, 4) is 0 Å². The normalized spacial score (nSPS) is 11.8. The number of nitrogens with zero attached hydrogens (tertiary/aromatic N) is 3. The minimum absolute atomic E-state index is 0.373. The summed E-state index contributed by atoms with van der Waals surface area (Å²) in [5.74, 6) is 0. The Hall–Kier alpha value is -2.64. The molecule has 0 amide bonds. The maximum Gasteiger partial charge on any atom is 0.235 e. The van der Waals surface area contributed by atoms with E-state index in [9.17, 15) is 30.0 Å². The average molecular weight is 548 g/mol. The molecular formula is C22H33N3O7S3. The van der Waals surface area contributed by atoms with E-state index in [-0.39, 0.29) is 0 Å². The summed E-state index contributed by atoms with van der Waals surface area (Å²) < 4.78 is 70.1. The molecular weight excluding hydrogens is 514 g/mol. The van der Waals surface area contributed by atoms with Gasteiger partial charge in [-0.05, 0) is 63.4 Å². The lowest BCUT2D eigenvalue weighted by molar-refractivity contribution is 0.112. The molecule has 0 bridgehead atoms. The maximum absolute atomic E-state index is 11.1. The first-order chi connectivity index (χ1) is 15.8. The largest absolute Gasteiger partial charge is 0.298 e. The molecule has 0 aromatic carbocycles. The van der Waals surface area contributed by atoms with E-state index in [0.29, 0.717) is 17.5 Å². The number of hydrogen-bond acceptors (Lipinski definition) is 7. The standard InChI is InChI=1S/C8H13NO2S.C7H9NO3S.C7H11NO2S/c1-4-8-5-7(2)9(6-8)12(3,10)11;1-6-3-7(5-9)4-8(6)12(2,10)11;1-6-4-7(2)8(5-6)11(3,9)10/h5-6H,4H2,1-3H3;3-5H,1-2H3;4-5H,1-3H3. The van der Waals surface area contributed by atoms with Gasteiger partial charge in [-0.25, -0.2) is 29.2 Å². The van der Waals surface area contributed by atoms with Crippen LogP contribution in [-0.2, 0) is 36.5 Å². The summed E-state index contributed by atoms with van der Waals surface area (Å²) in [5.41, 5.74) is 4.46. The van der Waals surface area contributed by atoms with Crippen LogP contribution >= 0.6 is 0 Å². The second-order valence-corrected chi connectivity index (χ2v) is 13.8. The number of hydrogen-bond donors (Lipinski definition) is 0. The molecule has 3 aromatic heterocycles. The van der Waals surface area contributed by atoms with Gasteiger partial charge in [0.1, 0.15) is 0 Å². The number of aryl methyl sites for hydroxylation is 5. The molecule has 0 aliphatic carbocycles. The number of aromatic nitrogens is 3. The highest BCUT2D eigenvalue weighted by molar-refractivity contribution is 7.89. The van der Waals surface area contributed by atoms with E-state index in [1.165, 1.54) is 32.7 Å². The monoisotopic (exact) mass is 547 g/mol. The molecule has 0 aliphatic heterocycles. The summed E-state index contributed by atoms with van der Waals surface area (Å²) in [6.45, 7) is 9.07. The molecule has 0 aliphatic rings. The fourth-order valence-corrected chi connectivity index (χ4v) is 5.97. The van der Waals surface area contributed by atoms with E-state index in [0.717, 1.165) is 39.2 Å². The fraction of sp³-hybridized carbons (Fsp3) is 0.409. The molecule has 10 nitrogen and oxygen atoms in total. The summed E-state index contributed by atoms with van der Waals surface area (Å²) in [6, 6.07) is 5.25. The Morgan fingerprint density at radius 1 is 0.657 bits per heavy atom. The molecule has 0 fully saturated rings. The molecule has 3 rings (SSSR count). The zero-order chi connectivity index (χ0) is 27.4. The Balaban J connectivity index is 0.000000263. The summed E-state index contributed by atoms with van der Waals surface area (Å²) in [4.78, 5) is 10.3. The molecule has 0 saturated carbocycles. The van der Waals surface area contributed by atoms with Gasteiger partial charge in [0.15, 0.2) is 6.29 Å². The minimum Gasteiger partial charge on any atom is -0.298 e. The van der Waals surface area contributed by atoms with E-state index < -0.39 is 30.1 Å². The molecule has 0 atom stereocenters. The van der Waals surface area contributed by atoms with Gasteiger partial charge in [-0.15, -0.1) is 0 Å². The van der Waals surface area contributed by atoms with Crippen LogP contribution in [0.15, 0.2) is 36.8 Å². The third-order valence-electron chi connectivity index (χ3n) is 4.74. The van der Waals surface area contributed by atoms with E-state index in [2.05, 4.69) is 0 Å². The van der Waals surface area contributed by atoms with Crippen LogP contribution in [0.2, 0.25) is 0 Å². The molecule has 13 heteroatoms. The van der Waals surface area contributed by atoms with Crippen LogP contribution in [0.5, 0.6) is 0 Å². The van der Waals surface area contributed by atoms with Gasteiger partial charge < -0.3 is 0 Å². The topological polar surface area (TPSA) is 134 Å². The molecule has 0 radical (unpaired) electrons. The van der Waals surface area contributed by atoms with Crippen molar-refractivity contribution < 1.29 is 30.0 Å². The Bertz CT molecular complexity index is 1510. The van der Waals surface area contributed by atoms with Crippen molar-refractivity contribution >= 4 is 36.4 Å². The maximum atomic E-state index is 11.1. The summed E-state index contributed by atoms with van der Waals surface area (Å²) >= 11 is 0. The van der Waals surface area contributed by atoms with Crippen LogP contribution in [0.4, 0.5) is 0 Å². The van der Waals surface area contributed by atoms with Gasteiger partial charge in [-0.2, -0.15) is 0 Å². The van der Waals surface area contributed by atoms with Crippen LogP contribution in [-0.4, -0.2) is 62.2 Å². The van der Waals surface area contributed by atoms with E-state index in [1.807, 2.05) is 26.0 Å². The highest BCUT2D eigenvalue weighted by Gasteiger charge is 2.10. The fourth-order valence-electron chi connectivity index (χ4n) is 3.25. The Labute approximate surface area is 208 Å². The average Bonchev–Trinajstić information content (AvgIpc) is 3.37. The van der Waals surface area contributed by atoms with E-state index in [4.69, 9.17) is 0 Å². The van der Waals surface area contributed by atoms with Gasteiger partial charge >= 0.3 is 0 Å². The van der Waals surface area contributed by atoms with Gasteiger partial charge in [0.25, 0.3) is 0 Å². The lowest BCUT2D eigenvalue weighted by Crippen LogP contribution is -2.09. The molecule has 0 unspecified atom stereocenters. The second kappa shape index (κ2) is 11.4. The van der Waals surface area contributed by atoms with Crippen LogP contribution in [0.25, 0.3) is 0 Å². The first kappa shape index (κ1) is 30.4. The zero-order valence-electron chi connectivity index (χ0n) is 21.2. The predicted molar refractivity (Wildman–Crippen MR) is 138 cm³/mol. The van der Waals surface area contributed by atoms with Gasteiger partial charge in [-0.3, -0.25) is 12.7 Å². The summed E-state index contributed by atoms with van der Waals surface area (Å²) in [5, 5.41) is 0. The van der Waals surface area contributed by atoms with Crippen molar-refractivity contribution in [3.63, 3.8) is 0 Å². The first-order valence-electron chi connectivity index (χ1n) is 10.4. The van der Waals surface area contributed by atoms with Gasteiger partial charge in [-0.1, -0.05) is 6.92 Å². The Kier molecular flexibility index (Phi) is 9.90. The smallest absolute Gasteiger partial charge is 0.235 e. The summed E-state index contributed by atoms with van der Waals surface area (Å²) in [6.07, 6.45) is 9.57. The summed E-state index contributed by atoms with van der Waals surface area (Å²) in [7, 11) is -9.47.